The molecule has 0 amide bonds. The van der Waals surface area contributed by atoms with E-state index in [1.54, 1.807) is 0 Å². The molecule has 3 N–H and O–H groups in total. The van der Waals surface area contributed by atoms with Crippen LogP contribution in [0.3, 0.4) is 0 Å². The van der Waals surface area contributed by atoms with Crippen molar-refractivity contribution in [2.75, 3.05) is 26.4 Å². The summed E-state index contributed by atoms with van der Waals surface area (Å²) in [6, 6.07) is 0. The first-order valence-corrected chi connectivity index (χ1v) is 24.3. The smallest absolute Gasteiger partial charge is 0.462 e. The van der Waals surface area contributed by atoms with E-state index in [4.69, 9.17) is 24.3 Å². The van der Waals surface area contributed by atoms with Crippen molar-refractivity contribution in [3.8, 4) is 0 Å². The molecule has 9 nitrogen and oxygen atoms in total. The van der Waals surface area contributed by atoms with E-state index in [0.29, 0.717) is 12.8 Å². The third-order valence-electron chi connectivity index (χ3n) is 9.84. The van der Waals surface area contributed by atoms with Gasteiger partial charge in [0.15, 0.2) is 6.10 Å². The summed E-state index contributed by atoms with van der Waals surface area (Å²) in [4.78, 5) is 34.9. The van der Waals surface area contributed by atoms with Gasteiger partial charge in [-0.25, -0.2) is 4.57 Å². The van der Waals surface area contributed by atoms with Crippen molar-refractivity contribution < 1.29 is 37.6 Å². The van der Waals surface area contributed by atoms with Crippen LogP contribution in [0.5, 0.6) is 0 Å². The number of ether oxygens (including phenoxy) is 2. The first kappa shape index (κ1) is 53.5. The summed E-state index contributed by atoms with van der Waals surface area (Å²) in [6.45, 7) is 3.72. The normalized spacial score (nSPS) is 13.5. The number of hydrogen-bond acceptors (Lipinski definition) is 8. The summed E-state index contributed by atoms with van der Waals surface area (Å²) in [7, 11) is -4.38. The maximum Gasteiger partial charge on any atom is 0.472 e. The van der Waals surface area contributed by atoms with Crippen LogP contribution in [0.2, 0.25) is 0 Å². The monoisotopic (exact) mass is 800 g/mol. The van der Waals surface area contributed by atoms with Gasteiger partial charge in [0.1, 0.15) is 6.61 Å². The van der Waals surface area contributed by atoms with Gasteiger partial charge in [0, 0.05) is 19.4 Å². The standard InChI is InChI=1S/C45H86NO8P/c1-3-5-7-9-11-13-15-17-19-21-23-25-27-29-31-33-35-37-44(47)51-41-43(42-53-55(49,50)52-40-39-46)54-45(48)38-36-34-32-30-28-26-24-22-20-18-16-14-12-10-8-6-4-2/h23,25,29,31,43H,3-22,24,26-28,30,32-42,46H2,1-2H3,(H,49,50)/b25-23+,31-29+/t43-/m1/s1. The Balaban J connectivity index is 4.16. The molecule has 0 fully saturated rings. The molecule has 0 aliphatic carbocycles. The lowest BCUT2D eigenvalue weighted by atomic mass is 10.0. The predicted molar refractivity (Wildman–Crippen MR) is 229 cm³/mol. The summed E-state index contributed by atoms with van der Waals surface area (Å²) < 4.78 is 32.8. The number of phosphoric ester groups is 1. The van der Waals surface area contributed by atoms with E-state index in [9.17, 15) is 19.0 Å². The van der Waals surface area contributed by atoms with Crippen LogP contribution in [0, 0.1) is 0 Å². The van der Waals surface area contributed by atoms with Crippen molar-refractivity contribution in [2.45, 2.75) is 225 Å². The summed E-state index contributed by atoms with van der Waals surface area (Å²) in [5, 5.41) is 0. The van der Waals surface area contributed by atoms with Gasteiger partial charge in [0.25, 0.3) is 0 Å². The van der Waals surface area contributed by atoms with E-state index in [1.807, 2.05) is 0 Å². The van der Waals surface area contributed by atoms with Gasteiger partial charge in [0.2, 0.25) is 0 Å². The molecule has 10 heteroatoms. The Labute approximate surface area is 338 Å². The van der Waals surface area contributed by atoms with E-state index in [2.05, 4.69) is 38.2 Å². The molecular weight excluding hydrogens is 713 g/mol. The lowest BCUT2D eigenvalue weighted by molar-refractivity contribution is -0.161. The summed E-state index contributed by atoms with van der Waals surface area (Å²) in [5.74, 6) is -0.872. The highest BCUT2D eigenvalue weighted by Crippen LogP contribution is 2.43. The third kappa shape index (κ3) is 41.9. The number of nitrogens with two attached hydrogens (primary N) is 1. The second-order valence-corrected chi connectivity index (χ2v) is 16.7. The summed E-state index contributed by atoms with van der Waals surface area (Å²) in [5.41, 5.74) is 5.35. The zero-order chi connectivity index (χ0) is 40.3. The number of hydrogen-bond donors (Lipinski definition) is 2. The molecule has 2 atom stereocenters. The molecule has 0 spiro atoms. The quantitative estimate of drug-likeness (QED) is 0.0267. The van der Waals surface area contributed by atoms with Crippen molar-refractivity contribution >= 4 is 19.8 Å². The first-order chi connectivity index (χ1) is 26.8. The van der Waals surface area contributed by atoms with E-state index in [-0.39, 0.29) is 32.6 Å². The van der Waals surface area contributed by atoms with Gasteiger partial charge in [-0.15, -0.1) is 0 Å². The number of carbonyl (C=O) groups is 2. The number of esters is 2. The van der Waals surface area contributed by atoms with Crippen LogP contribution in [-0.2, 0) is 32.7 Å². The molecule has 0 saturated heterocycles. The molecule has 55 heavy (non-hydrogen) atoms. The van der Waals surface area contributed by atoms with Crippen molar-refractivity contribution in [1.29, 1.82) is 0 Å². The van der Waals surface area contributed by atoms with Gasteiger partial charge in [0.05, 0.1) is 13.2 Å². The van der Waals surface area contributed by atoms with Crippen molar-refractivity contribution in [3.05, 3.63) is 24.3 Å². The summed E-state index contributed by atoms with van der Waals surface area (Å²) >= 11 is 0. The first-order valence-electron chi connectivity index (χ1n) is 22.8. The van der Waals surface area contributed by atoms with Crippen LogP contribution in [-0.4, -0.2) is 49.3 Å². The molecule has 0 heterocycles. The zero-order valence-electron chi connectivity index (χ0n) is 35.7. The Hall–Kier alpha value is -1.51. The molecule has 0 saturated carbocycles. The number of allylic oxidation sites excluding steroid dienone is 4. The Morgan fingerprint density at radius 2 is 0.964 bits per heavy atom. The SMILES string of the molecule is CCCCCCCCCCC/C=C/C/C=C/CCCC(=O)OC[C@H](COP(=O)(O)OCCN)OC(=O)CCCCCCCCCCCCCCCCCCC. The highest BCUT2D eigenvalue weighted by molar-refractivity contribution is 7.47. The van der Waals surface area contributed by atoms with Gasteiger partial charge in [-0.05, 0) is 38.5 Å². The third-order valence-corrected chi connectivity index (χ3v) is 10.8. The number of carbonyl (C=O) groups excluding carboxylic acids is 2. The lowest BCUT2D eigenvalue weighted by Crippen LogP contribution is -2.29. The second kappa shape index (κ2) is 42.1. The fourth-order valence-electron chi connectivity index (χ4n) is 6.44. The van der Waals surface area contributed by atoms with Crippen LogP contribution in [0.1, 0.15) is 219 Å². The van der Waals surface area contributed by atoms with Gasteiger partial charge in [-0.3, -0.25) is 18.6 Å². The minimum absolute atomic E-state index is 0.0502. The predicted octanol–water partition coefficient (Wildman–Crippen LogP) is 13.2. The fraction of sp³-hybridized carbons (Fsp3) is 0.867. The molecule has 324 valence electrons. The molecule has 0 aliphatic rings. The molecule has 0 rings (SSSR count). The Morgan fingerprint density at radius 3 is 1.44 bits per heavy atom. The largest absolute Gasteiger partial charge is 0.472 e. The molecule has 1 unspecified atom stereocenters. The number of rotatable bonds is 43. The number of unbranched alkanes of at least 4 members (excludes halogenated alkanes) is 26. The van der Waals surface area contributed by atoms with Crippen molar-refractivity contribution in [3.63, 3.8) is 0 Å². The average molecular weight is 800 g/mol. The maximum absolute atomic E-state index is 12.6. The minimum atomic E-state index is -4.38. The van der Waals surface area contributed by atoms with Crippen molar-refractivity contribution in [1.82, 2.24) is 0 Å². The molecule has 0 aromatic heterocycles. The van der Waals surface area contributed by atoms with E-state index in [1.165, 1.54) is 148 Å². The van der Waals surface area contributed by atoms with Crippen LogP contribution in [0.15, 0.2) is 24.3 Å². The second-order valence-electron chi connectivity index (χ2n) is 15.3. The van der Waals surface area contributed by atoms with E-state index >= 15 is 0 Å². The maximum atomic E-state index is 12.6. The Morgan fingerprint density at radius 1 is 0.545 bits per heavy atom. The molecule has 0 aromatic rings. The highest BCUT2D eigenvalue weighted by Gasteiger charge is 2.26. The molecule has 0 bridgehead atoms. The van der Waals surface area contributed by atoms with Crippen LogP contribution in [0.4, 0.5) is 0 Å². The molecule has 0 radical (unpaired) electrons. The lowest BCUT2D eigenvalue weighted by Gasteiger charge is -2.19. The topological polar surface area (TPSA) is 134 Å². The molecular formula is C45H86NO8P. The number of phosphoric acid groups is 1. The van der Waals surface area contributed by atoms with Gasteiger partial charge in [-0.1, -0.05) is 192 Å². The average Bonchev–Trinajstić information content (AvgIpc) is 3.17. The van der Waals surface area contributed by atoms with E-state index in [0.717, 1.165) is 32.1 Å². The highest BCUT2D eigenvalue weighted by atomic mass is 31.2. The zero-order valence-corrected chi connectivity index (χ0v) is 36.6. The Bertz CT molecular complexity index is 959. The van der Waals surface area contributed by atoms with Crippen molar-refractivity contribution in [2.24, 2.45) is 5.73 Å². The summed E-state index contributed by atoms with van der Waals surface area (Å²) in [6.07, 6.45) is 45.0. The van der Waals surface area contributed by atoms with Crippen LogP contribution in [0.25, 0.3) is 0 Å². The van der Waals surface area contributed by atoms with Gasteiger partial charge in [-0.2, -0.15) is 0 Å². The van der Waals surface area contributed by atoms with Crippen LogP contribution >= 0.6 is 7.82 Å². The Kier molecular flexibility index (Phi) is 40.9. The van der Waals surface area contributed by atoms with E-state index < -0.39 is 32.5 Å². The van der Waals surface area contributed by atoms with Gasteiger partial charge < -0.3 is 20.1 Å². The molecule has 0 aromatic carbocycles. The molecule has 0 aliphatic heterocycles. The minimum Gasteiger partial charge on any atom is -0.462 e. The fourth-order valence-corrected chi connectivity index (χ4v) is 7.21. The van der Waals surface area contributed by atoms with Crippen LogP contribution < -0.4 is 5.73 Å². The van der Waals surface area contributed by atoms with Gasteiger partial charge >= 0.3 is 19.8 Å².